The maximum absolute atomic E-state index is 12.0. The van der Waals surface area contributed by atoms with Crippen LogP contribution in [0.25, 0.3) is 10.9 Å². The summed E-state index contributed by atoms with van der Waals surface area (Å²) < 4.78 is 31.5. The first-order valence-corrected chi connectivity index (χ1v) is 8.13. The normalized spacial score (nSPS) is 13.3. The molecule has 21 heavy (non-hydrogen) atoms. The van der Waals surface area contributed by atoms with Gasteiger partial charge in [0.25, 0.3) is 0 Å². The Kier molecular flexibility index (Phi) is 4.34. The van der Waals surface area contributed by atoms with E-state index in [0.717, 1.165) is 10.9 Å². The third-order valence-electron chi connectivity index (χ3n) is 3.18. The number of methoxy groups -OCH3 is 1. The molecule has 1 aromatic carbocycles. The highest BCUT2D eigenvalue weighted by Gasteiger charge is 2.15. The van der Waals surface area contributed by atoms with Crippen molar-refractivity contribution in [3.05, 3.63) is 40.2 Å². The van der Waals surface area contributed by atoms with Crippen molar-refractivity contribution in [1.82, 2.24) is 4.98 Å². The summed E-state index contributed by atoms with van der Waals surface area (Å²) in [6, 6.07) is 6.48. The summed E-state index contributed by atoms with van der Waals surface area (Å²) in [7, 11) is -2.01. The van der Waals surface area contributed by atoms with Crippen LogP contribution in [0, 0.1) is 6.92 Å². The zero-order chi connectivity index (χ0) is 15.6. The highest BCUT2D eigenvalue weighted by molar-refractivity contribution is 7.92. The number of aromatic amines is 1. The first-order valence-electron chi connectivity index (χ1n) is 6.48. The number of fused-ring (bicyclic) bond motifs is 1. The lowest BCUT2D eigenvalue weighted by atomic mass is 10.1. The van der Waals surface area contributed by atoms with E-state index in [0.29, 0.717) is 11.2 Å². The number of sulfonamides is 1. The maximum Gasteiger partial charge on any atom is 0.248 e. The van der Waals surface area contributed by atoms with Gasteiger partial charge in [0.2, 0.25) is 15.6 Å². The standard InChI is InChI=1S/C14H18N2O4S/c1-9-6-14(17)15-13-5-4-11(7-12(9)13)16-21(18,19)8-10(2)20-3/h4-7,10,16H,8H2,1-3H3,(H,15,17)/t10-/m0/s1. The van der Waals surface area contributed by atoms with Gasteiger partial charge in [0.15, 0.2) is 0 Å². The number of rotatable bonds is 5. The van der Waals surface area contributed by atoms with Gasteiger partial charge in [0.1, 0.15) is 0 Å². The number of hydrogen-bond acceptors (Lipinski definition) is 4. The molecule has 1 heterocycles. The Morgan fingerprint density at radius 2 is 2.05 bits per heavy atom. The van der Waals surface area contributed by atoms with Crippen LogP contribution in [-0.2, 0) is 14.8 Å². The molecular formula is C14H18N2O4S. The summed E-state index contributed by atoms with van der Waals surface area (Å²) in [5, 5.41) is 0.801. The van der Waals surface area contributed by atoms with E-state index in [-0.39, 0.29) is 17.4 Å². The minimum Gasteiger partial charge on any atom is -0.381 e. The third-order valence-corrected chi connectivity index (χ3v) is 4.63. The van der Waals surface area contributed by atoms with E-state index >= 15 is 0 Å². The lowest BCUT2D eigenvalue weighted by Crippen LogP contribution is -2.25. The molecule has 2 N–H and O–H groups in total. The lowest BCUT2D eigenvalue weighted by molar-refractivity contribution is 0.136. The molecule has 0 aliphatic carbocycles. The van der Waals surface area contributed by atoms with Crippen LogP contribution in [0.4, 0.5) is 5.69 Å². The SMILES string of the molecule is CO[C@@H](C)CS(=O)(=O)Nc1ccc2[nH]c(=O)cc(C)c2c1. The average Bonchev–Trinajstić information content (AvgIpc) is 2.38. The van der Waals surface area contributed by atoms with Gasteiger partial charge in [0.05, 0.1) is 11.9 Å². The predicted octanol–water partition coefficient (Wildman–Crippen LogP) is 1.61. The third kappa shape index (κ3) is 3.83. The van der Waals surface area contributed by atoms with Gasteiger partial charge in [-0.25, -0.2) is 8.42 Å². The quantitative estimate of drug-likeness (QED) is 0.878. The molecule has 0 fully saturated rings. The summed E-state index contributed by atoms with van der Waals surface area (Å²) in [5.74, 6) is -0.119. The van der Waals surface area contributed by atoms with Crippen molar-refractivity contribution in [2.24, 2.45) is 0 Å². The number of benzene rings is 1. The molecule has 0 aliphatic heterocycles. The second-order valence-electron chi connectivity index (χ2n) is 5.01. The van der Waals surface area contributed by atoms with Crippen LogP contribution in [-0.4, -0.2) is 32.4 Å². The van der Waals surface area contributed by atoms with Crippen LogP contribution < -0.4 is 10.3 Å². The van der Waals surface area contributed by atoms with Gasteiger partial charge in [-0.05, 0) is 37.6 Å². The first kappa shape index (κ1) is 15.5. The molecule has 2 rings (SSSR count). The molecule has 0 saturated heterocycles. The summed E-state index contributed by atoms with van der Waals surface area (Å²) in [6.45, 7) is 3.50. The van der Waals surface area contributed by atoms with Crippen LogP contribution >= 0.6 is 0 Å². The Balaban J connectivity index is 2.34. The van der Waals surface area contributed by atoms with E-state index in [1.807, 2.05) is 6.92 Å². The largest absolute Gasteiger partial charge is 0.381 e. The molecule has 1 atom stereocenters. The van der Waals surface area contributed by atoms with Crippen LogP contribution in [0.3, 0.4) is 0 Å². The Hall–Kier alpha value is -1.86. The summed E-state index contributed by atoms with van der Waals surface area (Å²) in [4.78, 5) is 14.1. The number of nitrogens with one attached hydrogen (secondary N) is 2. The van der Waals surface area contributed by atoms with Gasteiger partial charge in [0, 0.05) is 29.8 Å². The summed E-state index contributed by atoms with van der Waals surface area (Å²) in [6.07, 6.45) is -0.388. The zero-order valence-corrected chi connectivity index (χ0v) is 13.0. The van der Waals surface area contributed by atoms with E-state index < -0.39 is 10.0 Å². The fraction of sp³-hybridized carbons (Fsp3) is 0.357. The number of aryl methyl sites for hydroxylation is 1. The fourth-order valence-corrected chi connectivity index (χ4v) is 3.41. The van der Waals surface area contributed by atoms with Crippen molar-refractivity contribution in [3.63, 3.8) is 0 Å². The van der Waals surface area contributed by atoms with E-state index in [4.69, 9.17) is 4.74 Å². The molecule has 7 heteroatoms. The van der Waals surface area contributed by atoms with Gasteiger partial charge in [-0.2, -0.15) is 0 Å². The van der Waals surface area contributed by atoms with E-state index in [9.17, 15) is 13.2 Å². The molecule has 0 saturated carbocycles. The van der Waals surface area contributed by atoms with Crippen molar-refractivity contribution in [2.45, 2.75) is 20.0 Å². The predicted molar refractivity (Wildman–Crippen MR) is 83.2 cm³/mol. The van der Waals surface area contributed by atoms with Gasteiger partial charge in [-0.3, -0.25) is 9.52 Å². The Bertz CT molecular complexity index is 811. The number of H-pyrrole nitrogens is 1. The molecule has 6 nitrogen and oxygen atoms in total. The van der Waals surface area contributed by atoms with Crippen molar-refractivity contribution in [2.75, 3.05) is 17.6 Å². The molecule has 0 aliphatic rings. The molecule has 0 amide bonds. The number of anilines is 1. The van der Waals surface area contributed by atoms with Crippen molar-refractivity contribution < 1.29 is 13.2 Å². The van der Waals surface area contributed by atoms with E-state index in [2.05, 4.69) is 9.71 Å². The molecule has 114 valence electrons. The molecule has 0 spiro atoms. The maximum atomic E-state index is 12.0. The zero-order valence-electron chi connectivity index (χ0n) is 12.1. The van der Waals surface area contributed by atoms with Crippen LogP contribution in [0.15, 0.2) is 29.1 Å². The number of aromatic nitrogens is 1. The average molecular weight is 310 g/mol. The second-order valence-corrected chi connectivity index (χ2v) is 6.77. The van der Waals surface area contributed by atoms with E-state index in [1.54, 1.807) is 25.1 Å². The van der Waals surface area contributed by atoms with Gasteiger partial charge >= 0.3 is 0 Å². The highest BCUT2D eigenvalue weighted by Crippen LogP contribution is 2.20. The molecule has 0 unspecified atom stereocenters. The first-order chi connectivity index (χ1) is 9.80. The molecule has 1 aromatic heterocycles. The smallest absolute Gasteiger partial charge is 0.248 e. The highest BCUT2D eigenvalue weighted by atomic mass is 32.2. The molecular weight excluding hydrogens is 292 g/mol. The van der Waals surface area contributed by atoms with Crippen LogP contribution in [0.2, 0.25) is 0 Å². The lowest BCUT2D eigenvalue weighted by Gasteiger charge is -2.13. The fourth-order valence-electron chi connectivity index (χ4n) is 2.08. The number of pyridine rings is 1. The van der Waals surface area contributed by atoms with Gasteiger partial charge in [-0.1, -0.05) is 0 Å². The summed E-state index contributed by atoms with van der Waals surface area (Å²) in [5.41, 5.74) is 1.75. The number of hydrogen-bond donors (Lipinski definition) is 2. The van der Waals surface area contributed by atoms with Crippen LogP contribution in [0.5, 0.6) is 0 Å². The minimum atomic E-state index is -3.48. The van der Waals surface area contributed by atoms with E-state index in [1.165, 1.54) is 13.2 Å². The molecule has 2 aromatic rings. The van der Waals surface area contributed by atoms with Crippen molar-refractivity contribution >= 4 is 26.6 Å². The second kappa shape index (κ2) is 5.87. The summed E-state index contributed by atoms with van der Waals surface area (Å²) >= 11 is 0. The molecule has 0 bridgehead atoms. The van der Waals surface area contributed by atoms with Crippen molar-refractivity contribution in [3.8, 4) is 0 Å². The topological polar surface area (TPSA) is 88.3 Å². The monoisotopic (exact) mass is 310 g/mol. The van der Waals surface area contributed by atoms with Gasteiger partial charge < -0.3 is 9.72 Å². The Morgan fingerprint density at radius 3 is 2.71 bits per heavy atom. The Morgan fingerprint density at radius 1 is 1.33 bits per heavy atom. The van der Waals surface area contributed by atoms with Gasteiger partial charge in [-0.15, -0.1) is 0 Å². The van der Waals surface area contributed by atoms with Crippen LogP contribution in [0.1, 0.15) is 12.5 Å². The van der Waals surface area contributed by atoms with Crippen molar-refractivity contribution in [1.29, 1.82) is 0 Å². The molecule has 0 radical (unpaired) electrons. The Labute approximate surface area is 123 Å². The number of ether oxygens (including phenoxy) is 1. The minimum absolute atomic E-state index is 0.119.